The minimum absolute atomic E-state index is 0.154. The molecule has 146 valence electrons. The summed E-state index contributed by atoms with van der Waals surface area (Å²) >= 11 is 1.47. The summed E-state index contributed by atoms with van der Waals surface area (Å²) in [4.78, 5) is 17.0. The highest BCUT2D eigenvalue weighted by atomic mass is 32.2. The molecule has 1 aliphatic carbocycles. The largest absolute Gasteiger partial charge is 0.345 e. The summed E-state index contributed by atoms with van der Waals surface area (Å²) in [6, 6.07) is 6.49. The first kappa shape index (κ1) is 18.9. The summed E-state index contributed by atoms with van der Waals surface area (Å²) in [5, 5.41) is 9.52. The van der Waals surface area contributed by atoms with Crippen LogP contribution < -0.4 is 0 Å². The van der Waals surface area contributed by atoms with Crippen molar-refractivity contribution in [3.05, 3.63) is 47.5 Å². The highest BCUT2D eigenvalue weighted by molar-refractivity contribution is 7.99. The van der Waals surface area contributed by atoms with E-state index in [-0.39, 0.29) is 5.78 Å². The van der Waals surface area contributed by atoms with E-state index in [1.807, 2.05) is 18.2 Å². The van der Waals surface area contributed by atoms with Gasteiger partial charge in [-0.05, 0) is 51.3 Å². The number of carbonyl (C=O) groups is 1. The number of thioether (sulfide) groups is 1. The maximum Gasteiger partial charge on any atom is 0.191 e. The normalized spacial score (nSPS) is 13.8. The topological polar surface area (TPSA) is 65.6 Å². The van der Waals surface area contributed by atoms with Crippen LogP contribution in [-0.2, 0) is 6.54 Å². The van der Waals surface area contributed by atoms with Gasteiger partial charge in [0.15, 0.2) is 16.8 Å². The Bertz CT molecular complexity index is 988. The van der Waals surface area contributed by atoms with Crippen molar-refractivity contribution in [1.29, 1.82) is 0 Å². The van der Waals surface area contributed by atoms with E-state index in [1.54, 1.807) is 12.4 Å². The lowest BCUT2D eigenvalue weighted by molar-refractivity contribution is 0.102. The second kappa shape index (κ2) is 7.91. The zero-order chi connectivity index (χ0) is 19.7. The average molecular weight is 396 g/mol. The number of nitrogens with zero attached hydrogens (tertiary/aromatic N) is 5. The SMILES string of the molecule is CCCn1c(SCC(=O)c2cc(C)n(C3CC3)c2C)nnc1-c1ccncc1. The van der Waals surface area contributed by atoms with E-state index in [1.165, 1.54) is 30.3 Å². The van der Waals surface area contributed by atoms with Crippen LogP contribution in [0.1, 0.15) is 54.0 Å². The number of hydrogen-bond donors (Lipinski definition) is 0. The third-order valence-corrected chi connectivity index (χ3v) is 6.10. The summed E-state index contributed by atoms with van der Waals surface area (Å²) in [5.74, 6) is 1.35. The molecule has 0 atom stereocenters. The fourth-order valence-electron chi connectivity index (χ4n) is 3.70. The van der Waals surface area contributed by atoms with E-state index in [4.69, 9.17) is 0 Å². The van der Waals surface area contributed by atoms with Crippen molar-refractivity contribution in [1.82, 2.24) is 24.3 Å². The van der Waals surface area contributed by atoms with Gasteiger partial charge in [-0.1, -0.05) is 18.7 Å². The van der Waals surface area contributed by atoms with Crippen LogP contribution in [0.4, 0.5) is 0 Å². The van der Waals surface area contributed by atoms with Crippen LogP contribution >= 0.6 is 11.8 Å². The zero-order valence-electron chi connectivity index (χ0n) is 16.6. The number of aryl methyl sites for hydroxylation is 1. The number of rotatable bonds is 8. The van der Waals surface area contributed by atoms with Crippen molar-refractivity contribution >= 4 is 17.5 Å². The summed E-state index contributed by atoms with van der Waals surface area (Å²) in [6.07, 6.45) is 6.92. The van der Waals surface area contributed by atoms with Crippen molar-refractivity contribution in [3.8, 4) is 11.4 Å². The summed E-state index contributed by atoms with van der Waals surface area (Å²) in [6.45, 7) is 7.10. The van der Waals surface area contributed by atoms with Crippen molar-refractivity contribution in [3.63, 3.8) is 0 Å². The number of aromatic nitrogens is 5. The molecule has 3 aromatic heterocycles. The van der Waals surface area contributed by atoms with Crippen molar-refractivity contribution < 1.29 is 4.79 Å². The van der Waals surface area contributed by atoms with Gasteiger partial charge in [0.05, 0.1) is 5.75 Å². The average Bonchev–Trinajstić information content (AvgIpc) is 3.38. The van der Waals surface area contributed by atoms with Crippen LogP contribution in [0.2, 0.25) is 0 Å². The third-order valence-electron chi connectivity index (χ3n) is 5.13. The highest BCUT2D eigenvalue weighted by Crippen LogP contribution is 2.38. The molecule has 0 bridgehead atoms. The van der Waals surface area contributed by atoms with Gasteiger partial charge in [0, 0.05) is 47.5 Å². The standard InChI is InChI=1S/C21H25N5OS/c1-4-11-25-20(16-7-9-22-10-8-16)23-24-21(25)28-13-19(27)18-12-14(2)26(15(18)3)17-5-6-17/h7-10,12,17H,4-6,11,13H2,1-3H3. The number of hydrogen-bond acceptors (Lipinski definition) is 5. The first-order valence-corrected chi connectivity index (χ1v) is 10.8. The Balaban J connectivity index is 1.53. The maximum absolute atomic E-state index is 12.9. The first-order chi connectivity index (χ1) is 13.6. The Morgan fingerprint density at radius 2 is 1.96 bits per heavy atom. The van der Waals surface area contributed by atoms with E-state index in [2.05, 4.69) is 45.1 Å². The number of ketones is 1. The Kier molecular flexibility index (Phi) is 5.35. The number of carbonyl (C=O) groups excluding carboxylic acids is 1. The lowest BCUT2D eigenvalue weighted by Gasteiger charge is -2.09. The van der Waals surface area contributed by atoms with Gasteiger partial charge in [-0.3, -0.25) is 9.78 Å². The highest BCUT2D eigenvalue weighted by Gasteiger charge is 2.28. The molecule has 6 nitrogen and oxygen atoms in total. The molecule has 3 heterocycles. The lowest BCUT2D eigenvalue weighted by atomic mass is 10.2. The molecule has 0 N–H and O–H groups in total. The van der Waals surface area contributed by atoms with Crippen LogP contribution in [-0.4, -0.2) is 35.9 Å². The minimum atomic E-state index is 0.154. The quantitative estimate of drug-likeness (QED) is 0.416. The van der Waals surface area contributed by atoms with E-state index in [9.17, 15) is 4.79 Å². The van der Waals surface area contributed by atoms with Crippen molar-refractivity contribution in [2.24, 2.45) is 0 Å². The van der Waals surface area contributed by atoms with Crippen LogP contribution in [0.15, 0.2) is 35.7 Å². The second-order valence-electron chi connectivity index (χ2n) is 7.29. The minimum Gasteiger partial charge on any atom is -0.345 e. The van der Waals surface area contributed by atoms with E-state index in [0.29, 0.717) is 11.8 Å². The number of Topliss-reactive ketones (excluding diaryl/α,β-unsaturated/α-hetero) is 1. The molecule has 0 aromatic carbocycles. The van der Waals surface area contributed by atoms with Crippen LogP contribution in [0.5, 0.6) is 0 Å². The van der Waals surface area contributed by atoms with Gasteiger partial charge in [-0.15, -0.1) is 10.2 Å². The van der Waals surface area contributed by atoms with Gasteiger partial charge in [-0.2, -0.15) is 0 Å². The zero-order valence-corrected chi connectivity index (χ0v) is 17.4. The third kappa shape index (κ3) is 3.63. The molecule has 0 aliphatic heterocycles. The molecule has 3 aromatic rings. The molecule has 0 amide bonds. The fraction of sp³-hybridized carbons (Fsp3) is 0.429. The van der Waals surface area contributed by atoms with Gasteiger partial charge in [-0.25, -0.2) is 0 Å². The van der Waals surface area contributed by atoms with Gasteiger partial charge in [0.1, 0.15) is 0 Å². The summed E-state index contributed by atoms with van der Waals surface area (Å²) in [7, 11) is 0. The second-order valence-corrected chi connectivity index (χ2v) is 8.23. The van der Waals surface area contributed by atoms with Crippen molar-refractivity contribution in [2.45, 2.75) is 57.8 Å². The Labute approximate surface area is 169 Å². The molecule has 28 heavy (non-hydrogen) atoms. The predicted molar refractivity (Wildman–Crippen MR) is 111 cm³/mol. The molecule has 7 heteroatoms. The fourth-order valence-corrected chi connectivity index (χ4v) is 4.54. The van der Waals surface area contributed by atoms with Crippen LogP contribution in [0.25, 0.3) is 11.4 Å². The van der Waals surface area contributed by atoms with Gasteiger partial charge in [0.25, 0.3) is 0 Å². The summed E-state index contributed by atoms with van der Waals surface area (Å²) < 4.78 is 4.42. The predicted octanol–water partition coefficient (Wildman–Crippen LogP) is 4.48. The summed E-state index contributed by atoms with van der Waals surface area (Å²) in [5.41, 5.74) is 4.11. The molecule has 0 unspecified atom stereocenters. The Morgan fingerprint density at radius 1 is 1.21 bits per heavy atom. The van der Waals surface area contributed by atoms with Gasteiger partial charge < -0.3 is 9.13 Å². The first-order valence-electron chi connectivity index (χ1n) is 9.78. The lowest BCUT2D eigenvalue weighted by Crippen LogP contribution is -2.07. The van der Waals surface area contributed by atoms with E-state index in [0.717, 1.165) is 40.8 Å². The molecule has 0 saturated heterocycles. The molecule has 0 spiro atoms. The monoisotopic (exact) mass is 395 g/mol. The van der Waals surface area contributed by atoms with Crippen molar-refractivity contribution in [2.75, 3.05) is 5.75 Å². The van der Waals surface area contributed by atoms with Gasteiger partial charge >= 0.3 is 0 Å². The number of pyridine rings is 1. The van der Waals surface area contributed by atoms with E-state index >= 15 is 0 Å². The van der Waals surface area contributed by atoms with Crippen LogP contribution in [0, 0.1) is 13.8 Å². The van der Waals surface area contributed by atoms with Crippen LogP contribution in [0.3, 0.4) is 0 Å². The van der Waals surface area contributed by atoms with Gasteiger partial charge in [0.2, 0.25) is 0 Å². The smallest absolute Gasteiger partial charge is 0.191 e. The Hall–Kier alpha value is -2.41. The van der Waals surface area contributed by atoms with E-state index < -0.39 is 0 Å². The molecule has 1 fully saturated rings. The molecular weight excluding hydrogens is 370 g/mol. The molecule has 4 rings (SSSR count). The molecule has 1 saturated carbocycles. The molecule has 0 radical (unpaired) electrons. The molecule has 1 aliphatic rings. The molecular formula is C21H25N5OS. The maximum atomic E-state index is 12.9. The Morgan fingerprint density at radius 3 is 2.64 bits per heavy atom.